The molecule has 3 N–H and O–H groups in total. The summed E-state index contributed by atoms with van der Waals surface area (Å²) in [6.07, 6.45) is 0. The normalized spacial score (nSPS) is 13.8. The molecule has 0 unspecified atom stereocenters. The second-order valence-electron chi connectivity index (χ2n) is 3.56. The molecule has 0 saturated carbocycles. The Hall–Kier alpha value is -1.75. The highest BCUT2D eigenvalue weighted by Gasteiger charge is 2.11. The van der Waals surface area contributed by atoms with Gasteiger partial charge in [-0.3, -0.25) is 0 Å². The van der Waals surface area contributed by atoms with Crippen molar-refractivity contribution in [3.05, 3.63) is 23.6 Å². The van der Waals surface area contributed by atoms with Gasteiger partial charge in [0.25, 0.3) is 0 Å². The van der Waals surface area contributed by atoms with Crippen molar-refractivity contribution in [3.8, 4) is 17.0 Å². The van der Waals surface area contributed by atoms with Crippen LogP contribution >= 0.6 is 11.3 Å². The van der Waals surface area contributed by atoms with Crippen LogP contribution in [0.2, 0.25) is 0 Å². The van der Waals surface area contributed by atoms with Crippen LogP contribution in [0.3, 0.4) is 0 Å². The molecule has 0 fully saturated rings. The fourth-order valence-corrected chi connectivity index (χ4v) is 2.29. The second-order valence-corrected chi connectivity index (χ2v) is 4.45. The number of ether oxygens (including phenoxy) is 1. The quantitative estimate of drug-likeness (QED) is 0.792. The smallest absolute Gasteiger partial charge is 0.180 e. The highest BCUT2D eigenvalue weighted by Crippen LogP contribution is 2.32. The third-order valence-corrected chi connectivity index (χ3v) is 3.15. The van der Waals surface area contributed by atoms with E-state index in [0.717, 1.165) is 35.8 Å². The number of nitrogens with zero attached hydrogens (tertiary/aromatic N) is 1. The lowest BCUT2D eigenvalue weighted by Crippen LogP contribution is -2.17. The second kappa shape index (κ2) is 3.68. The molecule has 2 heterocycles. The number of thiazole rings is 1. The molecule has 16 heavy (non-hydrogen) atoms. The zero-order chi connectivity index (χ0) is 11.0. The molecule has 2 aromatic rings. The van der Waals surface area contributed by atoms with Gasteiger partial charge < -0.3 is 15.8 Å². The van der Waals surface area contributed by atoms with Crippen molar-refractivity contribution >= 4 is 22.2 Å². The van der Waals surface area contributed by atoms with Gasteiger partial charge in [-0.1, -0.05) is 0 Å². The first-order chi connectivity index (χ1) is 7.83. The largest absolute Gasteiger partial charge is 0.490 e. The number of nitrogens with two attached hydrogens (primary N) is 1. The topological polar surface area (TPSA) is 60.2 Å². The first kappa shape index (κ1) is 9.47. The maximum Gasteiger partial charge on any atom is 0.180 e. The molecule has 1 aromatic heterocycles. The minimum atomic E-state index is 0.594. The van der Waals surface area contributed by atoms with E-state index in [0.29, 0.717) is 5.13 Å². The number of anilines is 2. The maximum absolute atomic E-state index is 5.62. The number of nitrogen functional groups attached to an aromatic ring is 1. The molecule has 82 valence electrons. The summed E-state index contributed by atoms with van der Waals surface area (Å²) in [6.45, 7) is 1.56. The van der Waals surface area contributed by atoms with Gasteiger partial charge >= 0.3 is 0 Å². The Morgan fingerprint density at radius 2 is 2.38 bits per heavy atom. The van der Waals surface area contributed by atoms with E-state index in [1.807, 2.05) is 23.6 Å². The maximum atomic E-state index is 5.62. The Kier molecular flexibility index (Phi) is 2.18. The van der Waals surface area contributed by atoms with Gasteiger partial charge in [0, 0.05) is 17.5 Å². The molecule has 0 bridgehead atoms. The first-order valence-electron chi connectivity index (χ1n) is 5.05. The highest BCUT2D eigenvalue weighted by atomic mass is 32.1. The molecule has 1 aliphatic heterocycles. The lowest BCUT2D eigenvalue weighted by atomic mass is 10.1. The molecule has 1 aliphatic rings. The molecule has 0 atom stereocenters. The fourth-order valence-electron chi connectivity index (χ4n) is 1.72. The average molecular weight is 233 g/mol. The Labute approximate surface area is 97.1 Å². The average Bonchev–Trinajstić information content (AvgIpc) is 2.75. The molecule has 5 heteroatoms. The Bertz CT molecular complexity index is 524. The van der Waals surface area contributed by atoms with Crippen molar-refractivity contribution in [2.24, 2.45) is 0 Å². The lowest BCUT2D eigenvalue weighted by Gasteiger charge is -2.19. The third kappa shape index (κ3) is 1.59. The molecule has 0 spiro atoms. The molecule has 4 nitrogen and oxygen atoms in total. The van der Waals surface area contributed by atoms with Gasteiger partial charge in [-0.05, 0) is 18.2 Å². The summed E-state index contributed by atoms with van der Waals surface area (Å²) >= 11 is 1.45. The molecule has 3 rings (SSSR count). The van der Waals surface area contributed by atoms with E-state index in [1.165, 1.54) is 11.3 Å². The van der Waals surface area contributed by atoms with Crippen molar-refractivity contribution < 1.29 is 4.74 Å². The first-order valence-corrected chi connectivity index (χ1v) is 5.93. The molecule has 0 saturated heterocycles. The summed E-state index contributed by atoms with van der Waals surface area (Å²) in [5.74, 6) is 0.901. The minimum Gasteiger partial charge on any atom is -0.490 e. The van der Waals surface area contributed by atoms with E-state index in [-0.39, 0.29) is 0 Å². The summed E-state index contributed by atoms with van der Waals surface area (Å²) in [6, 6.07) is 6.01. The predicted octanol–water partition coefficient (Wildman–Crippen LogP) is 2.20. The van der Waals surface area contributed by atoms with Crippen LogP contribution in [0.4, 0.5) is 10.8 Å². The number of aromatic nitrogens is 1. The summed E-state index contributed by atoms with van der Waals surface area (Å²) in [5, 5.41) is 5.85. The van der Waals surface area contributed by atoms with Gasteiger partial charge in [-0.2, -0.15) is 0 Å². The van der Waals surface area contributed by atoms with Crippen molar-refractivity contribution in [1.82, 2.24) is 4.98 Å². The number of fused-ring (bicyclic) bond motifs is 1. The van der Waals surface area contributed by atoms with Crippen LogP contribution in [-0.2, 0) is 0 Å². The number of hydrogen-bond donors (Lipinski definition) is 2. The van der Waals surface area contributed by atoms with Gasteiger partial charge in [-0.25, -0.2) is 4.98 Å². The lowest BCUT2D eigenvalue weighted by molar-refractivity contribution is 0.323. The van der Waals surface area contributed by atoms with Crippen LogP contribution in [0, 0.1) is 0 Å². The van der Waals surface area contributed by atoms with Crippen LogP contribution in [-0.4, -0.2) is 18.1 Å². The summed E-state index contributed by atoms with van der Waals surface area (Å²) in [4.78, 5) is 4.26. The van der Waals surface area contributed by atoms with Crippen LogP contribution in [0.5, 0.6) is 5.75 Å². The SMILES string of the molecule is Nc1nc(-c2ccc3c(c2)NCCO3)cs1. The Morgan fingerprint density at radius 1 is 1.44 bits per heavy atom. The van der Waals surface area contributed by atoms with Crippen molar-refractivity contribution in [2.45, 2.75) is 0 Å². The number of benzene rings is 1. The van der Waals surface area contributed by atoms with Gasteiger partial charge in [0.05, 0.1) is 11.4 Å². The molecule has 0 amide bonds. The van der Waals surface area contributed by atoms with Gasteiger partial charge in [0.15, 0.2) is 5.13 Å². The van der Waals surface area contributed by atoms with Crippen LogP contribution in [0.1, 0.15) is 0 Å². The predicted molar refractivity (Wildman–Crippen MR) is 65.9 cm³/mol. The monoisotopic (exact) mass is 233 g/mol. The van der Waals surface area contributed by atoms with Crippen molar-refractivity contribution in [1.29, 1.82) is 0 Å². The van der Waals surface area contributed by atoms with Gasteiger partial charge in [0.2, 0.25) is 0 Å². The number of hydrogen-bond acceptors (Lipinski definition) is 5. The van der Waals surface area contributed by atoms with E-state index in [1.54, 1.807) is 0 Å². The Morgan fingerprint density at radius 3 is 3.19 bits per heavy atom. The fraction of sp³-hybridized carbons (Fsp3) is 0.182. The van der Waals surface area contributed by atoms with E-state index in [9.17, 15) is 0 Å². The van der Waals surface area contributed by atoms with Crippen molar-refractivity contribution in [3.63, 3.8) is 0 Å². The van der Waals surface area contributed by atoms with Gasteiger partial charge in [-0.15, -0.1) is 11.3 Å². The van der Waals surface area contributed by atoms with Crippen molar-refractivity contribution in [2.75, 3.05) is 24.2 Å². The molecular formula is C11H11N3OS. The Balaban J connectivity index is 2.02. The zero-order valence-corrected chi connectivity index (χ0v) is 9.38. The van der Waals surface area contributed by atoms with Crippen LogP contribution < -0.4 is 15.8 Å². The molecule has 0 aliphatic carbocycles. The van der Waals surface area contributed by atoms with Gasteiger partial charge in [0.1, 0.15) is 12.4 Å². The molecule has 0 radical (unpaired) electrons. The van der Waals surface area contributed by atoms with E-state index >= 15 is 0 Å². The summed E-state index contributed by atoms with van der Waals surface area (Å²) in [7, 11) is 0. The van der Waals surface area contributed by atoms with E-state index in [4.69, 9.17) is 10.5 Å². The zero-order valence-electron chi connectivity index (χ0n) is 8.56. The molecule has 1 aromatic carbocycles. The van der Waals surface area contributed by atoms with E-state index in [2.05, 4.69) is 10.3 Å². The highest BCUT2D eigenvalue weighted by molar-refractivity contribution is 7.13. The van der Waals surface area contributed by atoms with Crippen LogP contribution in [0.25, 0.3) is 11.3 Å². The third-order valence-electron chi connectivity index (χ3n) is 2.47. The minimum absolute atomic E-state index is 0.594. The molecular weight excluding hydrogens is 222 g/mol. The number of nitrogens with one attached hydrogen (secondary N) is 1. The number of rotatable bonds is 1. The summed E-state index contributed by atoms with van der Waals surface area (Å²) < 4.78 is 5.51. The summed E-state index contributed by atoms with van der Waals surface area (Å²) in [5.41, 5.74) is 8.62. The van der Waals surface area contributed by atoms with Crippen LogP contribution in [0.15, 0.2) is 23.6 Å². The standard InChI is InChI=1S/C11H11N3OS/c12-11-14-9(6-16-11)7-1-2-10-8(5-7)13-3-4-15-10/h1-2,5-6,13H,3-4H2,(H2,12,14). The van der Waals surface area contributed by atoms with E-state index < -0.39 is 0 Å².